The number of pyridine rings is 1. The van der Waals surface area contributed by atoms with Gasteiger partial charge in [0.15, 0.2) is 17.4 Å². The lowest BCUT2D eigenvalue weighted by atomic mass is 9.84. The number of nitrogens with two attached hydrogens (primary N) is 1. The second-order valence-corrected chi connectivity index (χ2v) is 24.9. The number of hydrogen-bond donors (Lipinski definition) is 2. The van der Waals surface area contributed by atoms with Crippen LogP contribution in [0.5, 0.6) is 0 Å². The molecule has 15 nitrogen and oxygen atoms in total. The molecule has 8 heterocycles. The summed E-state index contributed by atoms with van der Waals surface area (Å²) in [6.45, 7) is 19.6. The lowest BCUT2D eigenvalue weighted by Gasteiger charge is -2.39. The first-order valence-corrected chi connectivity index (χ1v) is 30.0. The van der Waals surface area contributed by atoms with Gasteiger partial charge in [0.1, 0.15) is 22.7 Å². The van der Waals surface area contributed by atoms with Gasteiger partial charge >= 0.3 is 0 Å². The van der Waals surface area contributed by atoms with E-state index < -0.39 is 11.9 Å². The summed E-state index contributed by atoms with van der Waals surface area (Å²) in [6.07, 6.45) is 9.16. The summed E-state index contributed by atoms with van der Waals surface area (Å²) in [4.78, 5) is 74.9. The number of Topliss-reactive ketones (excluding diaryl/α,β-unsaturated/α-hetero) is 1. The molecule has 0 saturated carbocycles. The average molecular weight is 1120 g/mol. The number of piperazine rings is 1. The molecule has 2 bridgehead atoms. The fourth-order valence-electron chi connectivity index (χ4n) is 13.0. The van der Waals surface area contributed by atoms with Crippen molar-refractivity contribution < 1.29 is 19.2 Å². The van der Waals surface area contributed by atoms with E-state index in [9.17, 15) is 19.2 Å². The van der Waals surface area contributed by atoms with Crippen molar-refractivity contribution >= 4 is 63.5 Å². The Morgan fingerprint density at radius 3 is 2.14 bits per heavy atom. The average Bonchev–Trinajstić information content (AvgIpc) is 4.13. The van der Waals surface area contributed by atoms with Crippen molar-refractivity contribution in [2.24, 2.45) is 22.6 Å². The van der Waals surface area contributed by atoms with Crippen LogP contribution in [0.3, 0.4) is 0 Å². The highest BCUT2D eigenvalue weighted by atomic mass is 35.5. The van der Waals surface area contributed by atoms with E-state index in [2.05, 4.69) is 67.7 Å². The van der Waals surface area contributed by atoms with Gasteiger partial charge in [0.25, 0.3) is 5.91 Å². The number of carbonyl (C=O) groups excluding carboxylic acids is 4. The number of fused-ring (bicyclic) bond motifs is 5. The van der Waals surface area contributed by atoms with Crippen molar-refractivity contribution in [3.63, 3.8) is 0 Å². The summed E-state index contributed by atoms with van der Waals surface area (Å²) in [5, 5.41) is 14.2. The maximum atomic E-state index is 14.1. The Morgan fingerprint density at radius 2 is 1.48 bits per heavy atom. The second kappa shape index (κ2) is 23.5. The monoisotopic (exact) mass is 1120 g/mol. The standard InChI is InChI=1S/C63H74ClN11O4S/c1-7-38(3)67-53-32-51(37(2)28-52(53)61(65)79)55(76)31-44-29-49-17-18-50(30-44)75(49)56-19-14-47(34-66-56)60(78)46-10-8-42(9-11-46)35-71-24-26-72(27-25-71)36-43-20-22-73(23-21-43)57(77)33-54-62-70-69-41(6)74(62)63-58(39(4)40(5)80-63)59(68-54)45-12-15-48(64)16-13-45/h8-16,19,28,32,34,38,43-44,49-50,54,67H,7,17-18,20-27,29-31,33,35-36H2,1-6H3,(H2,65,79)/t38-,44?,49-,50+,54+/m1/s1. The van der Waals surface area contributed by atoms with Crippen molar-refractivity contribution in [2.45, 2.75) is 130 Å². The Morgan fingerprint density at radius 1 is 0.787 bits per heavy atom. The lowest BCUT2D eigenvalue weighted by molar-refractivity contribution is -0.133. The molecule has 0 radical (unpaired) electrons. The van der Waals surface area contributed by atoms with Crippen LogP contribution >= 0.6 is 22.9 Å². The minimum Gasteiger partial charge on any atom is -0.382 e. The van der Waals surface area contributed by atoms with Gasteiger partial charge in [0.05, 0.1) is 17.7 Å². The predicted octanol–water partition coefficient (Wildman–Crippen LogP) is 10.5. The van der Waals surface area contributed by atoms with Crippen LogP contribution in [0.2, 0.25) is 5.02 Å². The molecule has 4 saturated heterocycles. The smallest absolute Gasteiger partial charge is 0.250 e. The molecule has 80 heavy (non-hydrogen) atoms. The molecule has 3 aromatic heterocycles. The Hall–Kier alpha value is -6.59. The number of anilines is 2. The molecule has 2 amide bonds. The summed E-state index contributed by atoms with van der Waals surface area (Å²) >= 11 is 8.03. The molecule has 4 fully saturated rings. The van der Waals surface area contributed by atoms with E-state index in [-0.39, 0.29) is 47.9 Å². The van der Waals surface area contributed by atoms with Crippen LogP contribution in [0, 0.1) is 39.5 Å². The zero-order valence-corrected chi connectivity index (χ0v) is 48.6. The van der Waals surface area contributed by atoms with Crippen molar-refractivity contribution in [2.75, 3.05) is 56.0 Å². The minimum atomic E-state index is -0.507. The number of aliphatic imine (C=N–C) groups is 1. The van der Waals surface area contributed by atoms with E-state index in [1.165, 1.54) is 16.0 Å². The number of nitrogens with one attached hydrogen (secondary N) is 1. The van der Waals surface area contributed by atoms with E-state index in [1.807, 2.05) is 80.3 Å². The number of benzene rings is 3. The van der Waals surface area contributed by atoms with Gasteiger partial charge in [0, 0.05) is 127 Å². The van der Waals surface area contributed by atoms with Crippen LogP contribution in [0.25, 0.3) is 5.00 Å². The van der Waals surface area contributed by atoms with Crippen molar-refractivity contribution in [3.05, 3.63) is 151 Å². The molecule has 0 aliphatic carbocycles. The fraction of sp³-hybridized carbons (Fsp3) is 0.460. The topological polar surface area (TPSA) is 175 Å². The molecule has 0 spiro atoms. The molecule has 418 valence electrons. The molecular formula is C63H74ClN11O4S. The van der Waals surface area contributed by atoms with Crippen LogP contribution in [0.1, 0.15) is 159 Å². The summed E-state index contributed by atoms with van der Waals surface area (Å²) < 4.78 is 2.11. The summed E-state index contributed by atoms with van der Waals surface area (Å²) in [6, 6.07) is 23.5. The number of carbonyl (C=O) groups is 4. The number of rotatable bonds is 17. The third-order valence-corrected chi connectivity index (χ3v) is 19.3. The molecule has 6 aromatic rings. The van der Waals surface area contributed by atoms with Gasteiger partial charge in [-0.1, -0.05) is 54.9 Å². The SMILES string of the molecule is CC[C@@H](C)Nc1cc(C(=O)CC2C[C@H]3CC[C@@H](C2)N3c2ccc(C(=O)c3ccc(CN4CCN(CC5CCN(C(=O)C[C@@H]6N=C(c7ccc(Cl)cc7)c7c(sc(C)c7C)-n7c(C)nnc76)CC5)CC4)cc3)cn2)c(C)cc1C(N)=O. The van der Waals surface area contributed by atoms with Crippen LogP contribution in [0.15, 0.2) is 84.0 Å². The third kappa shape index (κ3) is 11.5. The summed E-state index contributed by atoms with van der Waals surface area (Å²) in [5.74, 6) is 2.83. The van der Waals surface area contributed by atoms with Gasteiger partial charge < -0.3 is 25.8 Å². The molecule has 5 aliphatic rings. The van der Waals surface area contributed by atoms with E-state index in [0.717, 1.165) is 136 Å². The number of aryl methyl sites for hydroxylation is 3. The molecule has 1 unspecified atom stereocenters. The highest BCUT2D eigenvalue weighted by Gasteiger charge is 2.42. The number of nitrogens with zero attached hydrogens (tertiary/aromatic N) is 9. The number of piperidine rings is 2. The summed E-state index contributed by atoms with van der Waals surface area (Å²) in [7, 11) is 0. The first kappa shape index (κ1) is 55.3. The largest absolute Gasteiger partial charge is 0.382 e. The number of halogens is 1. The fourth-order valence-corrected chi connectivity index (χ4v) is 14.4. The van der Waals surface area contributed by atoms with Crippen molar-refractivity contribution in [1.29, 1.82) is 0 Å². The Bertz CT molecular complexity index is 3310. The maximum absolute atomic E-state index is 14.1. The minimum absolute atomic E-state index is 0.0399. The van der Waals surface area contributed by atoms with Gasteiger partial charge in [-0.05, 0) is 144 Å². The molecular weight excluding hydrogens is 1040 g/mol. The molecule has 5 aliphatic heterocycles. The van der Waals surface area contributed by atoms with Gasteiger partial charge in [-0.25, -0.2) is 4.98 Å². The van der Waals surface area contributed by atoms with E-state index >= 15 is 0 Å². The van der Waals surface area contributed by atoms with E-state index in [0.29, 0.717) is 51.1 Å². The van der Waals surface area contributed by atoms with Crippen LogP contribution < -0.4 is 16.0 Å². The molecule has 11 rings (SSSR count). The Labute approximate surface area is 479 Å². The quantitative estimate of drug-likeness (QED) is 0.0832. The third-order valence-electron chi connectivity index (χ3n) is 17.8. The van der Waals surface area contributed by atoms with Gasteiger partial charge in [-0.15, -0.1) is 21.5 Å². The second-order valence-electron chi connectivity index (χ2n) is 23.2. The normalized spacial score (nSPS) is 20.9. The predicted molar refractivity (Wildman–Crippen MR) is 317 cm³/mol. The van der Waals surface area contributed by atoms with Gasteiger partial charge in [0.2, 0.25) is 5.91 Å². The molecule has 17 heteroatoms. The number of primary amides is 1. The van der Waals surface area contributed by atoms with Crippen LogP contribution in [-0.4, -0.2) is 127 Å². The zero-order valence-electron chi connectivity index (χ0n) is 47.0. The van der Waals surface area contributed by atoms with Crippen molar-refractivity contribution in [3.8, 4) is 5.00 Å². The summed E-state index contributed by atoms with van der Waals surface area (Å²) in [5.41, 5.74) is 14.6. The first-order valence-electron chi connectivity index (χ1n) is 28.8. The number of ketones is 2. The highest BCUT2D eigenvalue weighted by Crippen LogP contribution is 2.44. The first-order chi connectivity index (χ1) is 38.6. The molecule has 3 aromatic carbocycles. The number of hydrogen-bond acceptors (Lipinski definition) is 13. The lowest BCUT2D eigenvalue weighted by Crippen LogP contribution is -2.48. The number of amides is 2. The Kier molecular flexibility index (Phi) is 16.2. The Balaban J connectivity index is 0.630. The van der Waals surface area contributed by atoms with Crippen LogP contribution in [0.4, 0.5) is 11.5 Å². The van der Waals surface area contributed by atoms with Gasteiger partial charge in [-0.2, -0.15) is 0 Å². The highest BCUT2D eigenvalue weighted by molar-refractivity contribution is 7.15. The molecule has 5 atom stereocenters. The number of likely N-dealkylation sites (tertiary alicyclic amines) is 1. The maximum Gasteiger partial charge on any atom is 0.250 e. The van der Waals surface area contributed by atoms with Crippen LogP contribution in [-0.2, 0) is 11.3 Å². The molecule has 3 N–H and O–H groups in total. The number of thiophene rings is 1. The zero-order chi connectivity index (χ0) is 55.9. The van der Waals surface area contributed by atoms with Crippen molar-refractivity contribution in [1.82, 2.24) is 34.4 Å². The van der Waals surface area contributed by atoms with E-state index in [4.69, 9.17) is 27.3 Å². The van der Waals surface area contributed by atoms with E-state index in [1.54, 1.807) is 23.6 Å². The number of aromatic nitrogens is 4. The van der Waals surface area contributed by atoms with Gasteiger partial charge in [-0.3, -0.25) is 33.6 Å².